The molecule has 0 aliphatic heterocycles. The van der Waals surface area contributed by atoms with Gasteiger partial charge in [0, 0.05) is 10.9 Å². The molecule has 0 unspecified atom stereocenters. The van der Waals surface area contributed by atoms with Crippen molar-refractivity contribution in [1.82, 2.24) is 14.8 Å². The Bertz CT molecular complexity index is 1400. The van der Waals surface area contributed by atoms with Gasteiger partial charge in [-0.05, 0) is 56.2 Å². The molecule has 0 spiro atoms. The number of ether oxygens (including phenoxy) is 1. The topological polar surface area (TPSA) is 86.1 Å². The van der Waals surface area contributed by atoms with Crippen molar-refractivity contribution in [2.24, 2.45) is 0 Å². The molecule has 1 N–H and O–H groups in total. The Morgan fingerprint density at radius 2 is 1.85 bits per heavy atom. The van der Waals surface area contributed by atoms with E-state index >= 15 is 0 Å². The van der Waals surface area contributed by atoms with Gasteiger partial charge in [0.1, 0.15) is 5.56 Å². The first-order valence-electron chi connectivity index (χ1n) is 10.2. The van der Waals surface area contributed by atoms with Gasteiger partial charge in [0.15, 0.2) is 11.6 Å². The maximum atomic E-state index is 13.0. The first-order valence-corrected chi connectivity index (χ1v) is 10.9. The van der Waals surface area contributed by atoms with Crippen molar-refractivity contribution in [2.75, 3.05) is 11.9 Å². The number of esters is 1. The zero-order valence-electron chi connectivity index (χ0n) is 18.1. The van der Waals surface area contributed by atoms with E-state index in [4.69, 9.17) is 32.9 Å². The molecule has 4 aromatic rings. The molecule has 2 heterocycles. The third-order valence-electron chi connectivity index (χ3n) is 5.13. The second-order valence-corrected chi connectivity index (χ2v) is 8.20. The molecule has 0 saturated carbocycles. The molecule has 9 heteroatoms. The lowest BCUT2D eigenvalue weighted by atomic mass is 10.1. The average molecular weight is 483 g/mol. The summed E-state index contributed by atoms with van der Waals surface area (Å²) in [6.07, 6.45) is 1.35. The highest BCUT2D eigenvalue weighted by Gasteiger charge is 2.23. The van der Waals surface area contributed by atoms with Crippen LogP contribution in [0.2, 0.25) is 10.0 Å². The average Bonchev–Trinajstić information content (AvgIpc) is 3.20. The summed E-state index contributed by atoms with van der Waals surface area (Å²) in [5, 5.41) is 8.68. The predicted molar refractivity (Wildman–Crippen MR) is 129 cm³/mol. The van der Waals surface area contributed by atoms with E-state index in [1.807, 2.05) is 38.1 Å². The molecular formula is C24H20Cl2N4O3. The van der Waals surface area contributed by atoms with Gasteiger partial charge in [0.05, 0.1) is 28.4 Å². The fraction of sp³-hybridized carbons (Fsp3) is 0.167. The van der Waals surface area contributed by atoms with Crippen LogP contribution in [0.5, 0.6) is 0 Å². The summed E-state index contributed by atoms with van der Waals surface area (Å²) in [6, 6.07) is 12.3. The molecule has 0 atom stereocenters. The van der Waals surface area contributed by atoms with Crippen molar-refractivity contribution >= 4 is 51.8 Å². The molecule has 0 bridgehead atoms. The maximum Gasteiger partial charge on any atom is 0.343 e. The minimum absolute atomic E-state index is 0.106. The van der Waals surface area contributed by atoms with Crippen molar-refractivity contribution in [3.8, 4) is 5.82 Å². The summed E-state index contributed by atoms with van der Waals surface area (Å²) in [5.41, 5.74) is 3.16. The van der Waals surface area contributed by atoms with Crippen LogP contribution in [0.3, 0.4) is 0 Å². The number of aryl methyl sites for hydroxylation is 2. The van der Waals surface area contributed by atoms with Crippen molar-refractivity contribution in [1.29, 1.82) is 0 Å². The number of carbonyl (C=O) groups excluding carboxylic acids is 2. The highest BCUT2D eigenvalue weighted by molar-refractivity contribution is 6.42. The minimum atomic E-state index is -0.609. The first kappa shape index (κ1) is 22.8. The summed E-state index contributed by atoms with van der Waals surface area (Å²) in [4.78, 5) is 30.3. The smallest absolute Gasteiger partial charge is 0.343 e. The number of hydrogen-bond acceptors (Lipinski definition) is 5. The lowest BCUT2D eigenvalue weighted by Crippen LogP contribution is -2.18. The number of hydrogen-bond donors (Lipinski definition) is 1. The number of para-hydroxylation sites is 1. The Labute approximate surface area is 200 Å². The van der Waals surface area contributed by atoms with E-state index in [1.54, 1.807) is 6.92 Å². The molecule has 2 aromatic carbocycles. The number of carbonyl (C=O) groups is 2. The summed E-state index contributed by atoms with van der Waals surface area (Å²) in [6.45, 7) is 5.82. The molecule has 2 aromatic heterocycles. The first-order chi connectivity index (χ1) is 15.8. The number of nitrogens with zero attached hydrogens (tertiary/aromatic N) is 3. The Balaban J connectivity index is 1.83. The van der Waals surface area contributed by atoms with Crippen LogP contribution >= 0.6 is 23.2 Å². The molecule has 33 heavy (non-hydrogen) atoms. The Hall–Kier alpha value is -3.42. The summed E-state index contributed by atoms with van der Waals surface area (Å²) >= 11 is 12.0. The summed E-state index contributed by atoms with van der Waals surface area (Å²) < 4.78 is 6.57. The Kier molecular flexibility index (Phi) is 6.35. The molecule has 0 aliphatic rings. The van der Waals surface area contributed by atoms with Crippen molar-refractivity contribution < 1.29 is 14.3 Å². The van der Waals surface area contributed by atoms with Crippen LogP contribution in [0.4, 0.5) is 5.82 Å². The predicted octanol–water partition coefficient (Wildman–Crippen LogP) is 5.77. The van der Waals surface area contributed by atoms with Gasteiger partial charge in [-0.15, -0.1) is 0 Å². The second-order valence-electron chi connectivity index (χ2n) is 7.39. The molecular weight excluding hydrogens is 463 g/mol. The zero-order chi connectivity index (χ0) is 23.7. The minimum Gasteiger partial charge on any atom is -0.462 e. The summed E-state index contributed by atoms with van der Waals surface area (Å²) in [5.74, 6) is -0.505. The molecule has 1 amide bonds. The number of rotatable bonds is 5. The molecule has 168 valence electrons. The SMILES string of the molecule is CCOC(=O)c1cnn(-c2cc(C)c3cccc(C)c3n2)c1NC(=O)c1ccc(Cl)c(Cl)c1. The number of aromatic nitrogens is 3. The number of nitrogens with one attached hydrogen (secondary N) is 1. The molecule has 0 aliphatic carbocycles. The van der Waals surface area contributed by atoms with E-state index in [9.17, 15) is 9.59 Å². The van der Waals surface area contributed by atoms with Gasteiger partial charge in [0.2, 0.25) is 0 Å². The monoisotopic (exact) mass is 482 g/mol. The number of fused-ring (bicyclic) bond motifs is 1. The third-order valence-corrected chi connectivity index (χ3v) is 5.87. The third kappa shape index (κ3) is 4.42. The van der Waals surface area contributed by atoms with E-state index in [1.165, 1.54) is 29.1 Å². The molecule has 4 rings (SSSR count). The van der Waals surface area contributed by atoms with Gasteiger partial charge in [0.25, 0.3) is 5.91 Å². The normalized spacial score (nSPS) is 10.9. The molecule has 7 nitrogen and oxygen atoms in total. The van der Waals surface area contributed by atoms with Crippen LogP contribution in [-0.4, -0.2) is 33.2 Å². The van der Waals surface area contributed by atoms with Gasteiger partial charge >= 0.3 is 5.97 Å². The fourth-order valence-corrected chi connectivity index (χ4v) is 3.77. The standard InChI is InChI=1S/C24H20Cl2N4O3/c1-4-33-24(32)17-12-27-30(20-10-14(3)16-7-5-6-13(2)21(16)28-20)22(17)29-23(31)15-8-9-18(25)19(26)11-15/h5-12H,4H2,1-3H3,(H,29,31). The van der Waals surface area contributed by atoms with Gasteiger partial charge < -0.3 is 10.1 Å². The second kappa shape index (κ2) is 9.21. The number of amides is 1. The van der Waals surface area contributed by atoms with E-state index < -0.39 is 11.9 Å². The number of pyridine rings is 1. The largest absolute Gasteiger partial charge is 0.462 e. The number of benzene rings is 2. The maximum absolute atomic E-state index is 13.0. The summed E-state index contributed by atoms with van der Waals surface area (Å²) in [7, 11) is 0. The van der Waals surface area contributed by atoms with Gasteiger partial charge in [-0.3, -0.25) is 4.79 Å². The van der Waals surface area contributed by atoms with Crippen LogP contribution in [0, 0.1) is 13.8 Å². The molecule has 0 fully saturated rings. The highest BCUT2D eigenvalue weighted by atomic mass is 35.5. The molecule has 0 radical (unpaired) electrons. The molecule has 0 saturated heterocycles. The van der Waals surface area contributed by atoms with Crippen LogP contribution in [0.1, 0.15) is 38.8 Å². The number of anilines is 1. The lowest BCUT2D eigenvalue weighted by Gasteiger charge is -2.13. The van der Waals surface area contributed by atoms with Crippen LogP contribution in [0.15, 0.2) is 48.7 Å². The van der Waals surface area contributed by atoms with E-state index in [-0.39, 0.29) is 28.6 Å². The van der Waals surface area contributed by atoms with E-state index in [0.29, 0.717) is 10.8 Å². The van der Waals surface area contributed by atoms with E-state index in [0.717, 1.165) is 22.0 Å². The fourth-order valence-electron chi connectivity index (χ4n) is 3.47. The van der Waals surface area contributed by atoms with Crippen LogP contribution in [0.25, 0.3) is 16.7 Å². The number of halogens is 2. The van der Waals surface area contributed by atoms with Crippen molar-refractivity contribution in [3.63, 3.8) is 0 Å². The van der Waals surface area contributed by atoms with Crippen LogP contribution in [-0.2, 0) is 4.74 Å². The van der Waals surface area contributed by atoms with Crippen molar-refractivity contribution in [2.45, 2.75) is 20.8 Å². The Morgan fingerprint density at radius 1 is 1.06 bits per heavy atom. The van der Waals surface area contributed by atoms with E-state index in [2.05, 4.69) is 10.4 Å². The lowest BCUT2D eigenvalue weighted by molar-refractivity contribution is 0.0527. The highest BCUT2D eigenvalue weighted by Crippen LogP contribution is 2.27. The zero-order valence-corrected chi connectivity index (χ0v) is 19.7. The quantitative estimate of drug-likeness (QED) is 0.364. The van der Waals surface area contributed by atoms with Crippen molar-refractivity contribution in [3.05, 3.63) is 81.0 Å². The van der Waals surface area contributed by atoms with Gasteiger partial charge in [-0.2, -0.15) is 9.78 Å². The van der Waals surface area contributed by atoms with Gasteiger partial charge in [-0.25, -0.2) is 9.78 Å². The Morgan fingerprint density at radius 3 is 2.58 bits per heavy atom. The van der Waals surface area contributed by atoms with Gasteiger partial charge in [-0.1, -0.05) is 41.4 Å². The van der Waals surface area contributed by atoms with Crippen LogP contribution < -0.4 is 5.32 Å².